The second kappa shape index (κ2) is 10.8. The number of benzene rings is 1. The molecule has 1 fully saturated rings. The molecule has 0 aromatic heterocycles. The van der Waals surface area contributed by atoms with Crippen molar-refractivity contribution in [3.63, 3.8) is 0 Å². The van der Waals surface area contributed by atoms with Gasteiger partial charge in [-0.15, -0.1) is 0 Å². The largest absolute Gasteiger partial charge is 0.438 e. The molecule has 1 aliphatic rings. The van der Waals surface area contributed by atoms with Gasteiger partial charge in [0.2, 0.25) is 0 Å². The van der Waals surface area contributed by atoms with E-state index in [0.717, 1.165) is 0 Å². The van der Waals surface area contributed by atoms with E-state index in [1.165, 1.54) is 12.1 Å². The van der Waals surface area contributed by atoms with Crippen molar-refractivity contribution in [2.24, 2.45) is 11.8 Å². The zero-order chi connectivity index (χ0) is 27.0. The Morgan fingerprint density at radius 1 is 0.914 bits per heavy atom. The minimum Gasteiger partial charge on any atom is -0.438 e. The number of alkyl halides is 6. The van der Waals surface area contributed by atoms with Crippen LogP contribution in [0.1, 0.15) is 25.7 Å². The number of hydrogen-bond donors (Lipinski definition) is 1. The first-order valence-corrected chi connectivity index (χ1v) is 13.5. The number of rotatable bonds is 6. The third kappa shape index (κ3) is 7.11. The Morgan fingerprint density at radius 3 is 1.74 bits per heavy atom. The van der Waals surface area contributed by atoms with Gasteiger partial charge in [-0.05, 0) is 56.8 Å². The molecular formula is C18H15Br3F6O7S. The summed E-state index contributed by atoms with van der Waals surface area (Å²) < 4.78 is 122. The molecule has 1 N–H and O–H groups in total. The lowest BCUT2D eigenvalue weighted by atomic mass is 9.79. The Kier molecular flexibility index (Phi) is 9.38. The van der Waals surface area contributed by atoms with Crippen molar-refractivity contribution in [2.45, 2.75) is 43.6 Å². The van der Waals surface area contributed by atoms with Gasteiger partial charge in [-0.25, -0.2) is 0 Å². The van der Waals surface area contributed by atoms with Gasteiger partial charge in [0.05, 0.1) is 20.8 Å². The van der Waals surface area contributed by atoms with Crippen LogP contribution in [0.3, 0.4) is 0 Å². The molecule has 2 atom stereocenters. The van der Waals surface area contributed by atoms with Crippen LogP contribution in [0.15, 0.2) is 25.6 Å². The van der Waals surface area contributed by atoms with Gasteiger partial charge in [-0.2, -0.15) is 34.8 Å². The second-order valence-electron chi connectivity index (χ2n) is 7.59. The quantitative estimate of drug-likeness (QED) is 0.166. The van der Waals surface area contributed by atoms with Crippen molar-refractivity contribution < 1.29 is 58.4 Å². The Morgan fingerprint density at radius 2 is 1.34 bits per heavy atom. The van der Waals surface area contributed by atoms with Crippen molar-refractivity contribution in [1.82, 2.24) is 0 Å². The highest BCUT2D eigenvalue weighted by atomic mass is 79.9. The predicted octanol–water partition coefficient (Wildman–Crippen LogP) is 5.98. The maximum Gasteiger partial charge on any atom is 0.438 e. The van der Waals surface area contributed by atoms with Crippen LogP contribution in [-0.4, -0.2) is 48.6 Å². The summed E-state index contributed by atoms with van der Waals surface area (Å²) >= 11 is 9.49. The normalized spacial score (nSPS) is 19.8. The maximum absolute atomic E-state index is 13.5. The molecule has 7 nitrogen and oxygen atoms in total. The van der Waals surface area contributed by atoms with Gasteiger partial charge >= 0.3 is 29.9 Å². The van der Waals surface area contributed by atoms with E-state index in [1.807, 2.05) is 0 Å². The Bertz CT molecular complexity index is 1050. The van der Waals surface area contributed by atoms with Gasteiger partial charge < -0.3 is 9.47 Å². The Balaban J connectivity index is 2.41. The summed E-state index contributed by atoms with van der Waals surface area (Å²) in [6.07, 6.45) is -12.9. The highest BCUT2D eigenvalue weighted by molar-refractivity contribution is 9.11. The molecule has 0 spiro atoms. The summed E-state index contributed by atoms with van der Waals surface area (Å²) in [6.45, 7) is 0. The van der Waals surface area contributed by atoms with Crippen molar-refractivity contribution in [3.05, 3.63) is 25.6 Å². The first kappa shape index (κ1) is 30.3. The van der Waals surface area contributed by atoms with Gasteiger partial charge in [-0.1, -0.05) is 28.8 Å². The van der Waals surface area contributed by atoms with Crippen LogP contribution >= 0.6 is 47.8 Å². The molecule has 0 bridgehead atoms. The van der Waals surface area contributed by atoms with Crippen LogP contribution in [0, 0.1) is 11.8 Å². The molecule has 17 heteroatoms. The summed E-state index contributed by atoms with van der Waals surface area (Å²) in [5.41, 5.74) is -5.55. The molecule has 0 heterocycles. The Hall–Kier alpha value is -0.910. The van der Waals surface area contributed by atoms with E-state index < -0.39 is 57.6 Å². The highest BCUT2D eigenvalue weighted by Crippen LogP contribution is 2.48. The fourth-order valence-electron chi connectivity index (χ4n) is 3.47. The van der Waals surface area contributed by atoms with Crippen molar-refractivity contribution in [1.29, 1.82) is 0 Å². The lowest BCUT2D eigenvalue weighted by Crippen LogP contribution is -2.64. The topological polar surface area (TPSA) is 107 Å². The molecule has 1 saturated carbocycles. The summed E-state index contributed by atoms with van der Waals surface area (Å²) in [4.78, 5) is 25.4. The van der Waals surface area contributed by atoms with Crippen LogP contribution < -0.4 is 4.74 Å². The number of carbonyl (C=O) groups excluding carboxylic acids is 2. The fourth-order valence-corrected chi connectivity index (χ4v) is 6.79. The van der Waals surface area contributed by atoms with E-state index >= 15 is 0 Å². The van der Waals surface area contributed by atoms with E-state index in [9.17, 15) is 44.3 Å². The van der Waals surface area contributed by atoms with Crippen LogP contribution in [0.25, 0.3) is 0 Å². The maximum atomic E-state index is 13.5. The van der Waals surface area contributed by atoms with E-state index in [4.69, 9.17) is 9.29 Å². The zero-order valence-electron chi connectivity index (χ0n) is 17.1. The lowest BCUT2D eigenvalue weighted by Gasteiger charge is -2.37. The number of halogens is 9. The van der Waals surface area contributed by atoms with Gasteiger partial charge in [-0.3, -0.25) is 14.1 Å². The minimum absolute atomic E-state index is 0.0535. The molecule has 0 saturated heterocycles. The number of ether oxygens (including phenoxy) is 2. The van der Waals surface area contributed by atoms with Crippen LogP contribution in [0.4, 0.5) is 26.3 Å². The molecule has 35 heavy (non-hydrogen) atoms. The number of esters is 2. The molecule has 2 rings (SSSR count). The third-order valence-corrected chi connectivity index (χ3v) is 7.52. The van der Waals surface area contributed by atoms with Crippen molar-refractivity contribution in [3.8, 4) is 5.75 Å². The predicted molar refractivity (Wildman–Crippen MR) is 118 cm³/mol. The van der Waals surface area contributed by atoms with Gasteiger partial charge in [0.15, 0.2) is 5.75 Å². The van der Waals surface area contributed by atoms with Crippen LogP contribution in [0.2, 0.25) is 0 Å². The summed E-state index contributed by atoms with van der Waals surface area (Å²) in [5.74, 6) is -9.55. The van der Waals surface area contributed by atoms with Crippen LogP contribution in [-0.2, 0) is 24.4 Å². The monoisotopic (exact) mass is 726 g/mol. The zero-order valence-corrected chi connectivity index (χ0v) is 22.6. The first-order chi connectivity index (χ1) is 15.8. The standard InChI is InChI=1S/C18H15Br3F6O7S/c19-8-5-11(20)13(12(21)6-8)33-14(28)9-3-1-2-4-10(9)15(29)34-16(17(22,23)24,18(25,26)27)7-35(30,31)32/h5-6,9-10H,1-4,7H2,(H,30,31,32). The SMILES string of the molecule is O=C(Oc1c(Br)cc(Br)cc1Br)C1CCCCC1C(=O)OC(CS(=O)(=O)O)(C(F)(F)F)C(F)(F)F. The molecule has 1 aromatic carbocycles. The molecule has 0 aliphatic heterocycles. The molecule has 1 aliphatic carbocycles. The molecule has 198 valence electrons. The fraction of sp³-hybridized carbons (Fsp3) is 0.556. The first-order valence-electron chi connectivity index (χ1n) is 9.47. The molecule has 2 unspecified atom stereocenters. The average Bonchev–Trinajstić information content (AvgIpc) is 2.67. The molecule has 0 amide bonds. The number of hydrogen-bond acceptors (Lipinski definition) is 6. The summed E-state index contributed by atoms with van der Waals surface area (Å²) in [6, 6.07) is 2.99. The summed E-state index contributed by atoms with van der Waals surface area (Å²) in [5, 5.41) is 0. The van der Waals surface area contributed by atoms with Gasteiger partial charge in [0, 0.05) is 4.47 Å². The van der Waals surface area contributed by atoms with E-state index in [2.05, 4.69) is 52.5 Å². The van der Waals surface area contributed by atoms with Crippen molar-refractivity contribution in [2.75, 3.05) is 5.75 Å². The second-order valence-corrected chi connectivity index (χ2v) is 11.7. The number of carbonyl (C=O) groups is 2. The van der Waals surface area contributed by atoms with Crippen molar-refractivity contribution >= 4 is 69.8 Å². The molecule has 0 radical (unpaired) electrons. The van der Waals surface area contributed by atoms with E-state index in [-0.39, 0.29) is 34.0 Å². The Labute approximate surface area is 220 Å². The minimum atomic E-state index is -6.46. The van der Waals surface area contributed by atoms with Gasteiger partial charge in [0.1, 0.15) is 5.75 Å². The average molecular weight is 729 g/mol. The summed E-state index contributed by atoms with van der Waals surface area (Å²) in [7, 11) is -5.93. The molecule has 1 aromatic rings. The van der Waals surface area contributed by atoms with E-state index in [1.54, 1.807) is 0 Å². The van der Waals surface area contributed by atoms with E-state index in [0.29, 0.717) is 10.9 Å². The van der Waals surface area contributed by atoms with Gasteiger partial charge in [0.25, 0.3) is 10.1 Å². The van der Waals surface area contributed by atoms with Crippen LogP contribution in [0.5, 0.6) is 5.75 Å². The molecular weight excluding hydrogens is 714 g/mol. The highest BCUT2D eigenvalue weighted by Gasteiger charge is 2.76. The third-order valence-electron chi connectivity index (χ3n) is 5.11. The lowest BCUT2D eigenvalue weighted by molar-refractivity contribution is -0.362. The smallest absolute Gasteiger partial charge is 0.438 e.